The fourth-order valence-electron chi connectivity index (χ4n) is 1.28. The van der Waals surface area contributed by atoms with E-state index in [1.165, 1.54) is 6.21 Å². The highest BCUT2D eigenvalue weighted by molar-refractivity contribution is 7.98. The predicted molar refractivity (Wildman–Crippen MR) is 71.5 cm³/mol. The standard InChI is InChI=1S/C12H11F2N3OS/c13-12(14)19-8-10-5-4-9(18-10)7-16-17-11-3-1-2-6-15-11/h1-7,12H,8H2,(H,15,17)/b16-7-. The maximum atomic E-state index is 12.0. The first-order valence-electron chi connectivity index (χ1n) is 5.42. The molecule has 2 rings (SSSR count). The second-order valence-corrected chi connectivity index (χ2v) is 4.44. The second kappa shape index (κ2) is 6.89. The number of anilines is 1. The molecule has 7 heteroatoms. The molecule has 0 fully saturated rings. The van der Waals surface area contributed by atoms with Crippen LogP contribution in [0, 0.1) is 0 Å². The van der Waals surface area contributed by atoms with Crippen LogP contribution in [0.5, 0.6) is 0 Å². The molecule has 0 aliphatic heterocycles. The van der Waals surface area contributed by atoms with E-state index in [1.807, 2.05) is 6.07 Å². The minimum atomic E-state index is -2.40. The van der Waals surface area contributed by atoms with Crippen molar-refractivity contribution in [3.8, 4) is 0 Å². The minimum absolute atomic E-state index is 0.138. The van der Waals surface area contributed by atoms with Gasteiger partial charge in [-0.1, -0.05) is 17.8 Å². The highest BCUT2D eigenvalue weighted by Crippen LogP contribution is 2.20. The van der Waals surface area contributed by atoms with E-state index in [-0.39, 0.29) is 5.75 Å². The molecule has 4 nitrogen and oxygen atoms in total. The Morgan fingerprint density at radius 2 is 2.26 bits per heavy atom. The van der Waals surface area contributed by atoms with Crippen molar-refractivity contribution in [2.45, 2.75) is 11.5 Å². The Morgan fingerprint density at radius 3 is 3.00 bits per heavy atom. The van der Waals surface area contributed by atoms with E-state index in [4.69, 9.17) is 4.42 Å². The van der Waals surface area contributed by atoms with Crippen molar-refractivity contribution in [3.63, 3.8) is 0 Å². The number of hydrogen-bond donors (Lipinski definition) is 1. The maximum Gasteiger partial charge on any atom is 0.284 e. The van der Waals surface area contributed by atoms with Crippen LogP contribution in [-0.4, -0.2) is 17.0 Å². The summed E-state index contributed by atoms with van der Waals surface area (Å²) in [4.78, 5) is 4.02. The molecule has 0 amide bonds. The third-order valence-electron chi connectivity index (χ3n) is 2.07. The molecular weight excluding hydrogens is 272 g/mol. The highest BCUT2D eigenvalue weighted by atomic mass is 32.2. The third kappa shape index (κ3) is 4.70. The Labute approximate surface area is 112 Å². The number of nitrogens with one attached hydrogen (secondary N) is 1. The summed E-state index contributed by atoms with van der Waals surface area (Å²) in [6.45, 7) is 0. The summed E-state index contributed by atoms with van der Waals surface area (Å²) in [6, 6.07) is 8.72. The third-order valence-corrected chi connectivity index (χ3v) is 2.77. The van der Waals surface area contributed by atoms with E-state index < -0.39 is 5.76 Å². The van der Waals surface area contributed by atoms with Crippen molar-refractivity contribution in [1.82, 2.24) is 4.98 Å². The summed E-state index contributed by atoms with van der Waals surface area (Å²) in [5.74, 6) is -0.663. The first-order chi connectivity index (χ1) is 9.24. The predicted octanol–water partition coefficient (Wildman–Crippen LogP) is 3.58. The summed E-state index contributed by atoms with van der Waals surface area (Å²) in [6.07, 6.45) is 3.11. The van der Waals surface area contributed by atoms with E-state index in [1.54, 1.807) is 30.5 Å². The summed E-state index contributed by atoms with van der Waals surface area (Å²) in [5.41, 5.74) is 2.73. The van der Waals surface area contributed by atoms with E-state index in [2.05, 4.69) is 15.5 Å². The average Bonchev–Trinajstić information content (AvgIpc) is 2.86. The number of halogens is 2. The molecule has 100 valence electrons. The lowest BCUT2D eigenvalue weighted by atomic mass is 10.4. The second-order valence-electron chi connectivity index (χ2n) is 3.46. The first-order valence-corrected chi connectivity index (χ1v) is 6.47. The van der Waals surface area contributed by atoms with Gasteiger partial charge in [0.15, 0.2) is 0 Å². The number of furan rings is 1. The molecule has 0 radical (unpaired) electrons. The smallest absolute Gasteiger partial charge is 0.284 e. The van der Waals surface area contributed by atoms with Gasteiger partial charge in [0.2, 0.25) is 0 Å². The van der Waals surface area contributed by atoms with Crippen LogP contribution < -0.4 is 5.43 Å². The topological polar surface area (TPSA) is 50.4 Å². The number of hydrogen-bond acceptors (Lipinski definition) is 5. The van der Waals surface area contributed by atoms with Gasteiger partial charge in [-0.15, -0.1) is 0 Å². The number of hydrazone groups is 1. The summed E-state index contributed by atoms with van der Waals surface area (Å²) < 4.78 is 29.3. The quantitative estimate of drug-likeness (QED) is 0.650. The molecule has 0 saturated heterocycles. The summed E-state index contributed by atoms with van der Waals surface area (Å²) in [7, 11) is 0. The molecule has 19 heavy (non-hydrogen) atoms. The number of rotatable bonds is 6. The van der Waals surface area contributed by atoms with Crippen molar-refractivity contribution >= 4 is 23.8 Å². The molecule has 2 aromatic heterocycles. The van der Waals surface area contributed by atoms with Crippen LogP contribution in [0.1, 0.15) is 11.5 Å². The van der Waals surface area contributed by atoms with Gasteiger partial charge >= 0.3 is 0 Å². The molecule has 0 aliphatic carbocycles. The number of alkyl halides is 2. The number of aromatic nitrogens is 1. The van der Waals surface area contributed by atoms with Crippen molar-refractivity contribution in [3.05, 3.63) is 48.0 Å². The van der Waals surface area contributed by atoms with Crippen LogP contribution in [0.15, 0.2) is 46.0 Å². The highest BCUT2D eigenvalue weighted by Gasteiger charge is 2.06. The maximum absolute atomic E-state index is 12.0. The van der Waals surface area contributed by atoms with Gasteiger partial charge < -0.3 is 4.42 Å². The Hall–Kier alpha value is -1.89. The lowest BCUT2D eigenvalue weighted by molar-refractivity contribution is 0.251. The van der Waals surface area contributed by atoms with Gasteiger partial charge in [0.05, 0.1) is 12.0 Å². The van der Waals surface area contributed by atoms with Crippen molar-refractivity contribution < 1.29 is 13.2 Å². The van der Waals surface area contributed by atoms with Gasteiger partial charge in [-0.25, -0.2) is 4.98 Å². The molecule has 0 aromatic carbocycles. The summed E-state index contributed by atoms with van der Waals surface area (Å²) >= 11 is 0.521. The molecule has 0 aliphatic rings. The average molecular weight is 283 g/mol. The molecule has 0 spiro atoms. The molecule has 0 bridgehead atoms. The van der Waals surface area contributed by atoms with Crippen LogP contribution in [0.3, 0.4) is 0 Å². The molecule has 2 heterocycles. The Bertz CT molecular complexity index is 531. The van der Waals surface area contributed by atoms with Crippen molar-refractivity contribution in [2.24, 2.45) is 5.10 Å². The minimum Gasteiger partial charge on any atom is -0.459 e. The number of nitrogens with zero attached hydrogens (tertiary/aromatic N) is 2. The van der Waals surface area contributed by atoms with Gasteiger partial charge in [-0.05, 0) is 24.3 Å². The summed E-state index contributed by atoms with van der Waals surface area (Å²) in [5, 5.41) is 3.93. The van der Waals surface area contributed by atoms with Crippen molar-refractivity contribution in [2.75, 3.05) is 5.43 Å². The van der Waals surface area contributed by atoms with Gasteiger partial charge in [-0.2, -0.15) is 13.9 Å². The van der Waals surface area contributed by atoms with Crippen LogP contribution >= 0.6 is 11.8 Å². The van der Waals surface area contributed by atoms with E-state index in [0.717, 1.165) is 0 Å². The number of thioether (sulfide) groups is 1. The van der Waals surface area contributed by atoms with Gasteiger partial charge in [0, 0.05) is 6.20 Å². The molecule has 2 aromatic rings. The Balaban J connectivity index is 1.86. The Morgan fingerprint density at radius 1 is 1.37 bits per heavy atom. The Kier molecular flexibility index (Phi) is 4.91. The largest absolute Gasteiger partial charge is 0.459 e. The van der Waals surface area contributed by atoms with E-state index >= 15 is 0 Å². The molecule has 0 atom stereocenters. The van der Waals surface area contributed by atoms with Crippen LogP contribution in [0.4, 0.5) is 14.6 Å². The lowest BCUT2D eigenvalue weighted by Crippen LogP contribution is -1.91. The molecular formula is C12H11F2N3OS. The van der Waals surface area contributed by atoms with Crippen LogP contribution in [0.25, 0.3) is 0 Å². The molecule has 0 unspecified atom stereocenters. The van der Waals surface area contributed by atoms with E-state index in [9.17, 15) is 8.78 Å². The zero-order valence-corrected chi connectivity index (χ0v) is 10.6. The molecule has 0 saturated carbocycles. The monoisotopic (exact) mass is 283 g/mol. The lowest BCUT2D eigenvalue weighted by Gasteiger charge is -1.96. The number of pyridine rings is 1. The van der Waals surface area contributed by atoms with Gasteiger partial charge in [0.1, 0.15) is 17.3 Å². The fraction of sp³-hybridized carbons (Fsp3) is 0.167. The zero-order chi connectivity index (χ0) is 13.5. The SMILES string of the molecule is FC(F)SCc1ccc(/C=N\Nc2ccccn2)o1. The van der Waals surface area contributed by atoms with Gasteiger partial charge in [-0.3, -0.25) is 5.43 Å². The van der Waals surface area contributed by atoms with Crippen LogP contribution in [-0.2, 0) is 5.75 Å². The first kappa shape index (κ1) is 13.5. The normalized spacial score (nSPS) is 11.3. The zero-order valence-electron chi connectivity index (χ0n) is 9.79. The van der Waals surface area contributed by atoms with E-state index in [0.29, 0.717) is 29.1 Å². The van der Waals surface area contributed by atoms with Crippen molar-refractivity contribution in [1.29, 1.82) is 0 Å². The fourth-order valence-corrected chi connectivity index (χ4v) is 1.72. The van der Waals surface area contributed by atoms with Crippen LogP contribution in [0.2, 0.25) is 0 Å². The molecule has 1 N–H and O–H groups in total. The van der Waals surface area contributed by atoms with Gasteiger partial charge in [0.25, 0.3) is 5.76 Å².